The van der Waals surface area contributed by atoms with Crippen LogP contribution in [0.5, 0.6) is 11.5 Å². The molecule has 2 amide bonds. The molecule has 0 radical (unpaired) electrons. The number of benzene rings is 3. The summed E-state index contributed by atoms with van der Waals surface area (Å²) in [5.41, 5.74) is 2.65. The fraction of sp³-hybridized carbons (Fsp3) is 0.231. The summed E-state index contributed by atoms with van der Waals surface area (Å²) < 4.78 is 11.0. The van der Waals surface area contributed by atoms with Crippen LogP contribution in [0.15, 0.2) is 66.7 Å². The molecule has 0 saturated heterocycles. The van der Waals surface area contributed by atoms with E-state index in [0.717, 1.165) is 17.7 Å². The van der Waals surface area contributed by atoms with E-state index in [1.54, 1.807) is 36.2 Å². The topological polar surface area (TPSA) is 67.9 Å². The predicted molar refractivity (Wildman–Crippen MR) is 132 cm³/mol. The molecule has 0 aromatic heterocycles. The number of hydrogen-bond acceptors (Lipinski definition) is 4. The van der Waals surface area contributed by atoms with Crippen LogP contribution in [0.1, 0.15) is 29.3 Å². The summed E-state index contributed by atoms with van der Waals surface area (Å²) in [6.07, 6.45) is 1.08. The van der Waals surface area contributed by atoms with Gasteiger partial charge in [-0.1, -0.05) is 48.9 Å². The lowest BCUT2D eigenvalue weighted by molar-refractivity contribution is -0.117. The average Bonchev–Trinajstić information content (AvgIpc) is 2.84. The van der Waals surface area contributed by atoms with Crippen LogP contribution in [-0.2, 0) is 11.2 Å². The van der Waals surface area contributed by atoms with Gasteiger partial charge in [-0.15, -0.1) is 0 Å². The quantitative estimate of drug-likeness (QED) is 0.446. The molecule has 33 heavy (non-hydrogen) atoms. The molecule has 0 unspecified atom stereocenters. The Labute approximate surface area is 199 Å². The largest absolute Gasteiger partial charge is 0.493 e. The van der Waals surface area contributed by atoms with Crippen LogP contribution >= 0.6 is 11.6 Å². The van der Waals surface area contributed by atoms with Crippen molar-refractivity contribution in [2.24, 2.45) is 0 Å². The van der Waals surface area contributed by atoms with Crippen molar-refractivity contribution in [2.75, 3.05) is 31.0 Å². The molecule has 3 aromatic carbocycles. The average molecular weight is 467 g/mol. The Balaban J connectivity index is 1.65. The molecule has 0 aliphatic heterocycles. The SMILES string of the molecule is CCCOc1c(Cl)cc(C(=O)Nc2ccc(CC(=O)N(C)c3ccccc3)cc2)cc1OC. The van der Waals surface area contributed by atoms with E-state index in [9.17, 15) is 9.59 Å². The van der Waals surface area contributed by atoms with Crippen molar-refractivity contribution in [1.29, 1.82) is 0 Å². The number of anilines is 2. The van der Waals surface area contributed by atoms with Gasteiger partial charge in [-0.05, 0) is 48.4 Å². The first-order chi connectivity index (χ1) is 15.9. The molecule has 0 aliphatic rings. The van der Waals surface area contributed by atoms with E-state index in [4.69, 9.17) is 21.1 Å². The summed E-state index contributed by atoms with van der Waals surface area (Å²) in [6.45, 7) is 2.49. The second-order valence-corrected chi connectivity index (χ2v) is 7.86. The maximum absolute atomic E-state index is 12.7. The predicted octanol–water partition coefficient (Wildman–Crippen LogP) is 5.60. The summed E-state index contributed by atoms with van der Waals surface area (Å²) >= 11 is 6.31. The number of nitrogens with one attached hydrogen (secondary N) is 1. The number of halogens is 1. The highest BCUT2D eigenvalue weighted by molar-refractivity contribution is 6.32. The Morgan fingerprint density at radius 1 is 1.03 bits per heavy atom. The summed E-state index contributed by atoms with van der Waals surface area (Å²) in [7, 11) is 3.26. The molecule has 3 aromatic rings. The molecule has 0 fully saturated rings. The molecule has 172 valence electrons. The Bertz CT molecular complexity index is 1100. The minimum Gasteiger partial charge on any atom is -0.493 e. The lowest BCUT2D eigenvalue weighted by Crippen LogP contribution is -2.27. The molecule has 0 heterocycles. The molecule has 0 atom stereocenters. The van der Waals surface area contributed by atoms with Crippen LogP contribution in [0.4, 0.5) is 11.4 Å². The van der Waals surface area contributed by atoms with Crippen molar-refractivity contribution in [2.45, 2.75) is 19.8 Å². The molecule has 1 N–H and O–H groups in total. The molecule has 0 bridgehead atoms. The number of rotatable bonds is 9. The second-order valence-electron chi connectivity index (χ2n) is 7.45. The number of carbonyl (C=O) groups excluding carboxylic acids is 2. The van der Waals surface area contributed by atoms with Crippen molar-refractivity contribution < 1.29 is 19.1 Å². The van der Waals surface area contributed by atoms with Crippen molar-refractivity contribution >= 4 is 34.8 Å². The van der Waals surface area contributed by atoms with Gasteiger partial charge in [-0.3, -0.25) is 9.59 Å². The third kappa shape index (κ3) is 6.26. The third-order valence-electron chi connectivity index (χ3n) is 5.03. The number of ether oxygens (including phenoxy) is 2. The van der Waals surface area contributed by atoms with E-state index >= 15 is 0 Å². The maximum atomic E-state index is 12.7. The first kappa shape index (κ1) is 24.1. The smallest absolute Gasteiger partial charge is 0.255 e. The molecule has 6 nitrogen and oxygen atoms in total. The zero-order chi connectivity index (χ0) is 23.8. The maximum Gasteiger partial charge on any atom is 0.255 e. The van der Waals surface area contributed by atoms with Crippen molar-refractivity contribution in [3.8, 4) is 11.5 Å². The van der Waals surface area contributed by atoms with Gasteiger partial charge in [0.05, 0.1) is 25.2 Å². The molecular formula is C26H27ClN2O4. The van der Waals surface area contributed by atoms with Gasteiger partial charge in [0.15, 0.2) is 11.5 Å². The lowest BCUT2D eigenvalue weighted by Gasteiger charge is -2.17. The summed E-state index contributed by atoms with van der Waals surface area (Å²) in [6, 6.07) is 19.8. The summed E-state index contributed by atoms with van der Waals surface area (Å²) in [5.74, 6) is 0.472. The second kappa shape index (κ2) is 11.4. The van der Waals surface area contributed by atoms with Gasteiger partial charge >= 0.3 is 0 Å². The van der Waals surface area contributed by atoms with Crippen LogP contribution in [0, 0.1) is 0 Å². The summed E-state index contributed by atoms with van der Waals surface area (Å²) in [4.78, 5) is 26.9. The van der Waals surface area contributed by atoms with E-state index in [-0.39, 0.29) is 18.2 Å². The van der Waals surface area contributed by atoms with Crippen LogP contribution in [0.3, 0.4) is 0 Å². The van der Waals surface area contributed by atoms with E-state index in [1.807, 2.05) is 49.4 Å². The first-order valence-corrected chi connectivity index (χ1v) is 11.0. The Kier molecular flexibility index (Phi) is 8.33. The van der Waals surface area contributed by atoms with Crippen LogP contribution in [0.2, 0.25) is 5.02 Å². The summed E-state index contributed by atoms with van der Waals surface area (Å²) in [5, 5.41) is 3.15. The van der Waals surface area contributed by atoms with Gasteiger partial charge in [0.1, 0.15) is 0 Å². The minimum absolute atomic E-state index is 0.0231. The standard InChI is InChI=1S/C26H27ClN2O4/c1-4-14-33-25-22(27)16-19(17-23(25)32-3)26(31)28-20-12-10-18(11-13-20)15-24(30)29(2)21-8-6-5-7-9-21/h5-13,16-17H,4,14-15H2,1-3H3,(H,28,31). The highest BCUT2D eigenvalue weighted by Crippen LogP contribution is 2.36. The molecule has 0 saturated carbocycles. The van der Waals surface area contributed by atoms with Crippen molar-refractivity contribution in [1.82, 2.24) is 0 Å². The number of likely N-dealkylation sites (N-methyl/N-ethyl adjacent to an activating group) is 1. The molecular weight excluding hydrogens is 440 g/mol. The van der Waals surface area contributed by atoms with Crippen LogP contribution in [0.25, 0.3) is 0 Å². The molecule has 7 heteroatoms. The highest BCUT2D eigenvalue weighted by Gasteiger charge is 2.16. The Morgan fingerprint density at radius 3 is 2.36 bits per heavy atom. The highest BCUT2D eigenvalue weighted by atomic mass is 35.5. The van der Waals surface area contributed by atoms with Gasteiger partial charge in [-0.25, -0.2) is 0 Å². The van der Waals surface area contributed by atoms with Gasteiger partial charge in [0.2, 0.25) is 5.91 Å². The molecule has 0 spiro atoms. The van der Waals surface area contributed by atoms with Gasteiger partial charge in [0, 0.05) is 24.0 Å². The number of methoxy groups -OCH3 is 1. The van der Waals surface area contributed by atoms with Crippen LogP contribution in [-0.4, -0.2) is 32.6 Å². The van der Waals surface area contributed by atoms with Crippen molar-refractivity contribution in [3.63, 3.8) is 0 Å². The van der Waals surface area contributed by atoms with E-state index < -0.39 is 0 Å². The van der Waals surface area contributed by atoms with E-state index in [0.29, 0.717) is 34.4 Å². The monoisotopic (exact) mass is 466 g/mol. The van der Waals surface area contributed by atoms with E-state index in [1.165, 1.54) is 7.11 Å². The van der Waals surface area contributed by atoms with Crippen LogP contribution < -0.4 is 19.7 Å². The minimum atomic E-state index is -0.329. The van der Waals surface area contributed by atoms with Gasteiger partial charge < -0.3 is 19.7 Å². The van der Waals surface area contributed by atoms with Gasteiger partial charge in [-0.2, -0.15) is 0 Å². The third-order valence-corrected chi connectivity index (χ3v) is 5.31. The zero-order valence-corrected chi connectivity index (χ0v) is 19.7. The fourth-order valence-electron chi connectivity index (χ4n) is 3.19. The Morgan fingerprint density at radius 2 is 1.73 bits per heavy atom. The fourth-order valence-corrected chi connectivity index (χ4v) is 3.46. The number of amides is 2. The van der Waals surface area contributed by atoms with E-state index in [2.05, 4.69) is 5.32 Å². The lowest BCUT2D eigenvalue weighted by atomic mass is 10.1. The van der Waals surface area contributed by atoms with Gasteiger partial charge in [0.25, 0.3) is 5.91 Å². The first-order valence-electron chi connectivity index (χ1n) is 10.6. The number of carbonyl (C=O) groups is 2. The van der Waals surface area contributed by atoms with Crippen molar-refractivity contribution in [3.05, 3.63) is 82.9 Å². The molecule has 0 aliphatic carbocycles. The number of nitrogens with zero attached hydrogens (tertiary/aromatic N) is 1. The number of para-hydroxylation sites is 1. The molecule has 3 rings (SSSR count). The zero-order valence-electron chi connectivity index (χ0n) is 18.9. The number of hydrogen-bond donors (Lipinski definition) is 1. The normalized spacial score (nSPS) is 10.4. The Hall–Kier alpha value is -3.51.